The number of carboxylic acid groups (broad SMARTS) is 1. The standard InChI is InChI=1S/C25H18IN3O2S/c26-22-20(18-12-6-10-16-9-4-5-11-17(16)18)21-23(27-14-28-24(21)32-22)29-19(25(30)31)13-15-7-2-1-3-8-15/h1-12,14,19H,13H2,(H,30,31)(H,27,28,29)/t19-/m1/s1. The third-order valence-electron chi connectivity index (χ3n) is 5.40. The van der Waals surface area contributed by atoms with Gasteiger partial charge in [0, 0.05) is 12.0 Å². The SMILES string of the molecule is O=C(O)[C@@H](Cc1ccccc1)Nc1ncnc2sc(I)c(-c3cccc4ccccc34)c12. The van der Waals surface area contributed by atoms with Crippen molar-refractivity contribution in [3.8, 4) is 11.1 Å². The van der Waals surface area contributed by atoms with E-state index in [1.54, 1.807) is 11.3 Å². The second-order valence-corrected chi connectivity index (χ2v) is 10.2. The van der Waals surface area contributed by atoms with Gasteiger partial charge >= 0.3 is 5.97 Å². The van der Waals surface area contributed by atoms with Crippen molar-refractivity contribution < 1.29 is 9.90 Å². The van der Waals surface area contributed by atoms with Crippen molar-refractivity contribution in [1.29, 1.82) is 0 Å². The van der Waals surface area contributed by atoms with E-state index in [0.29, 0.717) is 12.2 Å². The number of carboxylic acids is 1. The van der Waals surface area contributed by atoms with Crippen LogP contribution in [-0.2, 0) is 11.2 Å². The number of anilines is 1. The molecule has 0 radical (unpaired) electrons. The molecule has 5 nitrogen and oxygen atoms in total. The van der Waals surface area contributed by atoms with Gasteiger partial charge in [-0.25, -0.2) is 14.8 Å². The van der Waals surface area contributed by atoms with Gasteiger partial charge in [0.2, 0.25) is 0 Å². The van der Waals surface area contributed by atoms with Crippen molar-refractivity contribution in [1.82, 2.24) is 9.97 Å². The number of carbonyl (C=O) groups is 1. The van der Waals surface area contributed by atoms with E-state index < -0.39 is 12.0 Å². The van der Waals surface area contributed by atoms with Crippen molar-refractivity contribution in [2.75, 3.05) is 5.32 Å². The predicted octanol–water partition coefficient (Wildman–Crippen LogP) is 6.22. The molecule has 2 N–H and O–H groups in total. The van der Waals surface area contributed by atoms with Gasteiger partial charge < -0.3 is 10.4 Å². The van der Waals surface area contributed by atoms with E-state index in [4.69, 9.17) is 0 Å². The molecule has 0 saturated carbocycles. The number of aromatic nitrogens is 2. The molecule has 0 aliphatic heterocycles. The number of rotatable bonds is 6. The Kier molecular flexibility index (Phi) is 5.75. The van der Waals surface area contributed by atoms with Gasteiger partial charge in [-0.1, -0.05) is 72.8 Å². The van der Waals surface area contributed by atoms with Crippen LogP contribution in [-0.4, -0.2) is 27.1 Å². The second kappa shape index (κ2) is 8.84. The number of nitrogens with zero attached hydrogens (tertiary/aromatic N) is 2. The highest BCUT2D eigenvalue weighted by Gasteiger charge is 2.23. The van der Waals surface area contributed by atoms with Gasteiger partial charge in [-0.3, -0.25) is 0 Å². The molecule has 32 heavy (non-hydrogen) atoms. The van der Waals surface area contributed by atoms with Gasteiger partial charge in [0.05, 0.1) is 8.27 Å². The number of hydrogen-bond acceptors (Lipinski definition) is 5. The molecule has 2 aromatic heterocycles. The van der Waals surface area contributed by atoms with Crippen LogP contribution in [0.1, 0.15) is 5.56 Å². The van der Waals surface area contributed by atoms with Crippen LogP contribution in [0.3, 0.4) is 0 Å². The van der Waals surface area contributed by atoms with E-state index in [2.05, 4.69) is 62.1 Å². The quantitative estimate of drug-likeness (QED) is 0.245. The average molecular weight is 551 g/mol. The maximum atomic E-state index is 12.1. The van der Waals surface area contributed by atoms with E-state index in [1.165, 1.54) is 6.33 Å². The minimum Gasteiger partial charge on any atom is -0.480 e. The van der Waals surface area contributed by atoms with Crippen molar-refractivity contribution in [3.05, 3.63) is 87.6 Å². The largest absolute Gasteiger partial charge is 0.480 e. The van der Waals surface area contributed by atoms with Gasteiger partial charge in [0.25, 0.3) is 0 Å². The fourth-order valence-corrected chi connectivity index (χ4v) is 5.99. The molecule has 0 aliphatic rings. The van der Waals surface area contributed by atoms with Crippen molar-refractivity contribution in [2.24, 2.45) is 0 Å². The molecule has 1 atom stereocenters. The van der Waals surface area contributed by atoms with Crippen LogP contribution in [0.15, 0.2) is 79.1 Å². The molecule has 0 unspecified atom stereocenters. The number of thiophene rings is 1. The van der Waals surface area contributed by atoms with E-state index in [0.717, 1.165) is 40.6 Å². The van der Waals surface area contributed by atoms with Gasteiger partial charge in [-0.2, -0.15) is 0 Å². The fraction of sp³-hybridized carbons (Fsp3) is 0.0800. The summed E-state index contributed by atoms with van der Waals surface area (Å²) in [6.45, 7) is 0. The Morgan fingerprint density at radius 2 is 1.75 bits per heavy atom. The first-order valence-electron chi connectivity index (χ1n) is 10.1. The molecule has 0 aliphatic carbocycles. The molecule has 0 fully saturated rings. The highest BCUT2D eigenvalue weighted by atomic mass is 127. The number of fused-ring (bicyclic) bond motifs is 2. The summed E-state index contributed by atoms with van der Waals surface area (Å²) >= 11 is 3.92. The van der Waals surface area contributed by atoms with Gasteiger partial charge in [-0.05, 0) is 44.5 Å². The zero-order valence-electron chi connectivity index (χ0n) is 16.8. The number of nitrogens with one attached hydrogen (secondary N) is 1. The Balaban J connectivity index is 1.64. The molecular formula is C25H18IN3O2S. The van der Waals surface area contributed by atoms with Crippen molar-refractivity contribution in [2.45, 2.75) is 12.5 Å². The third-order valence-corrected chi connectivity index (χ3v) is 7.48. The van der Waals surface area contributed by atoms with Crippen molar-refractivity contribution in [3.63, 3.8) is 0 Å². The van der Waals surface area contributed by atoms with Crippen LogP contribution in [0.2, 0.25) is 0 Å². The van der Waals surface area contributed by atoms with Gasteiger partial charge in [0.15, 0.2) is 0 Å². The Labute approximate surface area is 202 Å². The lowest BCUT2D eigenvalue weighted by Crippen LogP contribution is -2.32. The second-order valence-electron chi connectivity index (χ2n) is 7.40. The van der Waals surface area contributed by atoms with Crippen LogP contribution >= 0.6 is 33.9 Å². The van der Waals surface area contributed by atoms with Crippen LogP contribution in [0.4, 0.5) is 5.82 Å². The summed E-state index contributed by atoms with van der Waals surface area (Å²) in [4.78, 5) is 21.9. The predicted molar refractivity (Wildman–Crippen MR) is 138 cm³/mol. The van der Waals surface area contributed by atoms with Crippen LogP contribution < -0.4 is 5.32 Å². The molecule has 0 bridgehead atoms. The Bertz CT molecular complexity index is 1430. The zero-order chi connectivity index (χ0) is 22.1. The molecule has 3 aromatic carbocycles. The molecule has 0 saturated heterocycles. The Morgan fingerprint density at radius 1 is 1.00 bits per heavy atom. The van der Waals surface area contributed by atoms with Crippen LogP contribution in [0, 0.1) is 2.88 Å². The number of benzene rings is 3. The van der Waals surface area contributed by atoms with E-state index >= 15 is 0 Å². The Morgan fingerprint density at radius 3 is 2.56 bits per heavy atom. The lowest BCUT2D eigenvalue weighted by atomic mass is 9.98. The first kappa shape index (κ1) is 20.8. The number of hydrogen-bond donors (Lipinski definition) is 2. The molecular weight excluding hydrogens is 533 g/mol. The fourth-order valence-electron chi connectivity index (χ4n) is 3.91. The molecule has 5 rings (SSSR count). The molecule has 7 heteroatoms. The summed E-state index contributed by atoms with van der Waals surface area (Å²) in [6.07, 6.45) is 1.85. The lowest BCUT2D eigenvalue weighted by molar-refractivity contribution is -0.137. The minimum absolute atomic E-state index is 0.354. The van der Waals surface area contributed by atoms with Crippen LogP contribution in [0.5, 0.6) is 0 Å². The summed E-state index contributed by atoms with van der Waals surface area (Å²) in [7, 11) is 0. The van der Waals surface area contributed by atoms with E-state index in [-0.39, 0.29) is 0 Å². The highest BCUT2D eigenvalue weighted by molar-refractivity contribution is 14.1. The minimum atomic E-state index is -0.919. The summed E-state index contributed by atoms with van der Waals surface area (Å²) < 4.78 is 1.09. The molecule has 158 valence electrons. The Hall–Kier alpha value is -3.04. The summed E-state index contributed by atoms with van der Waals surface area (Å²) in [5.41, 5.74) is 3.08. The molecule has 0 spiro atoms. The van der Waals surface area contributed by atoms with Gasteiger partial charge in [-0.15, -0.1) is 11.3 Å². The molecule has 0 amide bonds. The van der Waals surface area contributed by atoms with Gasteiger partial charge in [0.1, 0.15) is 23.0 Å². The monoisotopic (exact) mass is 551 g/mol. The maximum absolute atomic E-state index is 12.1. The maximum Gasteiger partial charge on any atom is 0.326 e. The summed E-state index contributed by atoms with van der Waals surface area (Å²) in [5, 5.41) is 16.2. The summed E-state index contributed by atoms with van der Waals surface area (Å²) in [5.74, 6) is -0.377. The average Bonchev–Trinajstić information content (AvgIpc) is 3.15. The topological polar surface area (TPSA) is 75.1 Å². The number of halogens is 1. The van der Waals surface area contributed by atoms with E-state index in [1.807, 2.05) is 48.5 Å². The first-order valence-corrected chi connectivity index (χ1v) is 12.0. The summed E-state index contributed by atoms with van der Waals surface area (Å²) in [6, 6.07) is 23.3. The van der Waals surface area contributed by atoms with Crippen LogP contribution in [0.25, 0.3) is 32.1 Å². The van der Waals surface area contributed by atoms with E-state index in [9.17, 15) is 9.90 Å². The third kappa shape index (κ3) is 3.93. The zero-order valence-corrected chi connectivity index (χ0v) is 19.8. The highest BCUT2D eigenvalue weighted by Crippen LogP contribution is 2.43. The first-order chi connectivity index (χ1) is 15.6. The number of aliphatic carboxylic acids is 1. The lowest BCUT2D eigenvalue weighted by Gasteiger charge is -2.16. The molecule has 5 aromatic rings. The molecule has 2 heterocycles. The van der Waals surface area contributed by atoms with Crippen molar-refractivity contribution >= 4 is 66.7 Å². The normalized spacial score (nSPS) is 12.2. The smallest absolute Gasteiger partial charge is 0.326 e.